The first-order valence-corrected chi connectivity index (χ1v) is 9.35. The maximum Gasteiger partial charge on any atom is 0.191 e. The molecule has 7 heteroatoms. The van der Waals surface area contributed by atoms with Crippen molar-refractivity contribution in [2.75, 3.05) is 20.2 Å². The predicted molar refractivity (Wildman–Crippen MR) is 123 cm³/mol. The number of aliphatic imine (C=N–C) groups is 1. The van der Waals surface area contributed by atoms with Crippen LogP contribution in [-0.2, 0) is 19.4 Å². The molecular formula is C21H26IN5O. The maximum atomic E-state index is 5.56. The smallest absolute Gasteiger partial charge is 0.191 e. The van der Waals surface area contributed by atoms with Gasteiger partial charge in [-0.3, -0.25) is 4.99 Å². The van der Waals surface area contributed by atoms with Gasteiger partial charge in [0.15, 0.2) is 5.96 Å². The van der Waals surface area contributed by atoms with Crippen molar-refractivity contribution in [2.45, 2.75) is 26.3 Å². The SMILES string of the molecule is CN=C(NCCc1ccc2c(c1)CCO2)NCc1cn2c(C)cccc2n1.I. The molecule has 1 aliphatic rings. The van der Waals surface area contributed by atoms with Crippen molar-refractivity contribution in [1.82, 2.24) is 20.0 Å². The number of hydrogen-bond donors (Lipinski definition) is 2. The Labute approximate surface area is 182 Å². The number of halogens is 1. The van der Waals surface area contributed by atoms with Crippen LogP contribution in [0.4, 0.5) is 0 Å². The van der Waals surface area contributed by atoms with Crippen LogP contribution in [0.2, 0.25) is 0 Å². The van der Waals surface area contributed by atoms with Crippen LogP contribution in [0.3, 0.4) is 0 Å². The Morgan fingerprint density at radius 2 is 2.14 bits per heavy atom. The van der Waals surface area contributed by atoms with Crippen molar-refractivity contribution < 1.29 is 4.74 Å². The number of nitrogens with one attached hydrogen (secondary N) is 2. The van der Waals surface area contributed by atoms with Crippen molar-refractivity contribution in [3.8, 4) is 5.75 Å². The van der Waals surface area contributed by atoms with Gasteiger partial charge in [-0.05, 0) is 42.7 Å². The van der Waals surface area contributed by atoms with Gasteiger partial charge < -0.3 is 19.8 Å². The molecule has 0 amide bonds. The first kappa shape index (κ1) is 20.4. The van der Waals surface area contributed by atoms with Crippen molar-refractivity contribution >= 4 is 35.6 Å². The van der Waals surface area contributed by atoms with Gasteiger partial charge in [0.05, 0.1) is 18.8 Å². The second-order valence-corrected chi connectivity index (χ2v) is 6.77. The van der Waals surface area contributed by atoms with E-state index in [2.05, 4.69) is 62.4 Å². The summed E-state index contributed by atoms with van der Waals surface area (Å²) in [5, 5.41) is 6.71. The molecule has 0 unspecified atom stereocenters. The molecule has 148 valence electrons. The zero-order valence-corrected chi connectivity index (χ0v) is 18.6. The normalized spacial score (nSPS) is 13.0. The molecule has 0 spiro atoms. The van der Waals surface area contributed by atoms with Crippen LogP contribution in [0.15, 0.2) is 47.6 Å². The lowest BCUT2D eigenvalue weighted by Crippen LogP contribution is -2.37. The Bertz CT molecular complexity index is 982. The summed E-state index contributed by atoms with van der Waals surface area (Å²) in [5.41, 5.74) is 5.77. The molecule has 1 aromatic carbocycles. The van der Waals surface area contributed by atoms with Gasteiger partial charge in [-0.2, -0.15) is 0 Å². The number of benzene rings is 1. The van der Waals surface area contributed by atoms with Gasteiger partial charge in [0.25, 0.3) is 0 Å². The Hall–Kier alpha value is -2.29. The summed E-state index contributed by atoms with van der Waals surface area (Å²) in [6, 6.07) is 12.6. The lowest BCUT2D eigenvalue weighted by Gasteiger charge is -2.11. The summed E-state index contributed by atoms with van der Waals surface area (Å²) in [5.74, 6) is 1.82. The number of pyridine rings is 1. The molecule has 3 heterocycles. The first-order valence-electron chi connectivity index (χ1n) is 9.35. The highest BCUT2D eigenvalue weighted by atomic mass is 127. The zero-order chi connectivity index (χ0) is 18.6. The van der Waals surface area contributed by atoms with Gasteiger partial charge in [0.1, 0.15) is 11.4 Å². The molecule has 2 N–H and O–H groups in total. The molecule has 28 heavy (non-hydrogen) atoms. The number of imidazole rings is 1. The topological polar surface area (TPSA) is 63.0 Å². The van der Waals surface area contributed by atoms with E-state index in [-0.39, 0.29) is 24.0 Å². The minimum absolute atomic E-state index is 0. The summed E-state index contributed by atoms with van der Waals surface area (Å²) >= 11 is 0. The molecule has 1 aliphatic heterocycles. The fourth-order valence-electron chi connectivity index (χ4n) is 3.40. The van der Waals surface area contributed by atoms with Gasteiger partial charge in [-0.25, -0.2) is 4.98 Å². The van der Waals surface area contributed by atoms with Gasteiger partial charge in [-0.15, -0.1) is 24.0 Å². The number of guanidine groups is 1. The molecule has 0 atom stereocenters. The Balaban J connectivity index is 0.00000225. The third kappa shape index (κ3) is 4.57. The van der Waals surface area contributed by atoms with E-state index in [9.17, 15) is 0 Å². The van der Waals surface area contributed by atoms with Crippen LogP contribution in [0.25, 0.3) is 5.65 Å². The summed E-state index contributed by atoms with van der Waals surface area (Å²) in [4.78, 5) is 8.95. The van der Waals surface area contributed by atoms with E-state index in [1.165, 1.54) is 16.8 Å². The van der Waals surface area contributed by atoms with Crippen LogP contribution < -0.4 is 15.4 Å². The van der Waals surface area contributed by atoms with Gasteiger partial charge in [0, 0.05) is 31.9 Å². The van der Waals surface area contributed by atoms with Crippen molar-refractivity contribution in [3.63, 3.8) is 0 Å². The molecule has 2 aromatic heterocycles. The Morgan fingerprint density at radius 1 is 1.25 bits per heavy atom. The Morgan fingerprint density at radius 3 is 2.96 bits per heavy atom. The molecule has 0 radical (unpaired) electrons. The number of fused-ring (bicyclic) bond motifs is 2. The molecule has 0 aliphatic carbocycles. The van der Waals surface area contributed by atoms with Crippen LogP contribution in [0, 0.1) is 6.92 Å². The summed E-state index contributed by atoms with van der Waals surface area (Å²) in [7, 11) is 1.79. The van der Waals surface area contributed by atoms with Crippen molar-refractivity contribution in [1.29, 1.82) is 0 Å². The quantitative estimate of drug-likeness (QED) is 0.327. The van der Waals surface area contributed by atoms with E-state index < -0.39 is 0 Å². The van der Waals surface area contributed by atoms with Gasteiger partial charge in [0.2, 0.25) is 0 Å². The van der Waals surface area contributed by atoms with Crippen molar-refractivity contribution in [2.24, 2.45) is 4.99 Å². The van der Waals surface area contributed by atoms with Gasteiger partial charge >= 0.3 is 0 Å². The van der Waals surface area contributed by atoms with Gasteiger partial charge in [-0.1, -0.05) is 18.2 Å². The minimum atomic E-state index is 0. The van der Waals surface area contributed by atoms with Crippen LogP contribution >= 0.6 is 24.0 Å². The van der Waals surface area contributed by atoms with E-state index in [4.69, 9.17) is 4.74 Å². The summed E-state index contributed by atoms with van der Waals surface area (Å²) < 4.78 is 7.67. The summed E-state index contributed by atoms with van der Waals surface area (Å²) in [6.45, 7) is 4.34. The first-order chi connectivity index (χ1) is 13.2. The van der Waals surface area contributed by atoms with Crippen LogP contribution in [0.5, 0.6) is 5.75 Å². The molecule has 4 rings (SSSR count). The Kier molecular flexibility index (Phi) is 6.77. The molecule has 0 saturated carbocycles. The standard InChI is InChI=1S/C21H25N5O.HI/c1-15-4-3-5-20-25-18(14-26(15)20)13-24-21(22-2)23-10-8-16-6-7-19-17(12-16)9-11-27-19;/h3-7,12,14H,8-11,13H2,1-2H3,(H2,22,23,24);1H. The molecular weight excluding hydrogens is 465 g/mol. The monoisotopic (exact) mass is 491 g/mol. The molecule has 0 saturated heterocycles. The minimum Gasteiger partial charge on any atom is -0.493 e. The van der Waals surface area contributed by atoms with Crippen LogP contribution in [0.1, 0.15) is 22.5 Å². The largest absolute Gasteiger partial charge is 0.493 e. The molecule has 0 bridgehead atoms. The number of rotatable bonds is 5. The zero-order valence-electron chi connectivity index (χ0n) is 16.2. The summed E-state index contributed by atoms with van der Waals surface area (Å²) in [6.07, 6.45) is 4.03. The molecule has 3 aromatic rings. The van der Waals surface area contributed by atoms with E-state index >= 15 is 0 Å². The number of aromatic nitrogens is 2. The van der Waals surface area contributed by atoms with E-state index in [0.29, 0.717) is 6.54 Å². The number of hydrogen-bond acceptors (Lipinski definition) is 3. The highest BCUT2D eigenvalue weighted by Gasteiger charge is 2.11. The predicted octanol–water partition coefficient (Wildman–Crippen LogP) is 3.10. The number of ether oxygens (including phenoxy) is 1. The second kappa shape index (κ2) is 9.27. The highest BCUT2D eigenvalue weighted by Crippen LogP contribution is 2.25. The fourth-order valence-corrected chi connectivity index (χ4v) is 3.40. The second-order valence-electron chi connectivity index (χ2n) is 6.77. The maximum absolute atomic E-state index is 5.56. The fraction of sp³-hybridized carbons (Fsp3) is 0.333. The average Bonchev–Trinajstić information content (AvgIpc) is 3.31. The van der Waals surface area contributed by atoms with E-state index in [1.807, 2.05) is 12.1 Å². The molecule has 6 nitrogen and oxygen atoms in total. The van der Waals surface area contributed by atoms with E-state index in [0.717, 1.165) is 49.0 Å². The lowest BCUT2D eigenvalue weighted by atomic mass is 10.1. The number of nitrogens with zero attached hydrogens (tertiary/aromatic N) is 3. The van der Waals surface area contributed by atoms with E-state index in [1.54, 1.807) is 7.05 Å². The lowest BCUT2D eigenvalue weighted by molar-refractivity contribution is 0.357. The third-order valence-electron chi connectivity index (χ3n) is 4.87. The third-order valence-corrected chi connectivity index (χ3v) is 4.87. The van der Waals surface area contributed by atoms with Crippen LogP contribution in [-0.4, -0.2) is 35.5 Å². The number of aryl methyl sites for hydroxylation is 1. The highest BCUT2D eigenvalue weighted by molar-refractivity contribution is 14.0. The average molecular weight is 491 g/mol. The van der Waals surface area contributed by atoms with Crippen molar-refractivity contribution in [3.05, 3.63) is 65.1 Å². The molecule has 0 fully saturated rings.